The van der Waals surface area contributed by atoms with Gasteiger partial charge in [0.1, 0.15) is 12.4 Å². The van der Waals surface area contributed by atoms with Gasteiger partial charge in [0.2, 0.25) is 0 Å². The van der Waals surface area contributed by atoms with E-state index in [4.69, 9.17) is 4.74 Å². The van der Waals surface area contributed by atoms with Gasteiger partial charge in [-0.1, -0.05) is 81.5 Å². The van der Waals surface area contributed by atoms with E-state index in [-0.39, 0.29) is 18.8 Å². The highest BCUT2D eigenvalue weighted by Gasteiger charge is 2.14. The Morgan fingerprint density at radius 2 is 1.50 bits per heavy atom. The maximum Gasteiger partial charge on any atom is 0.338 e. The normalized spacial score (nSPS) is 12.4. The molecular weight excluding hydrogens is 400 g/mol. The minimum absolute atomic E-state index is 0.0268. The molecule has 0 unspecified atom stereocenters. The van der Waals surface area contributed by atoms with Crippen molar-refractivity contribution in [1.29, 1.82) is 0 Å². The van der Waals surface area contributed by atoms with Crippen molar-refractivity contribution in [3.8, 4) is 0 Å². The Morgan fingerprint density at radius 1 is 0.875 bits per heavy atom. The molecule has 1 aromatic rings. The standard InChI is InChI=1S/C28H42O4/c1-2-3-4-5-6-7-8-9-10-11-12-13-14-15-19-22-26(29)23-27(30)24-32-28(31)25-20-17-16-18-21-25/h6-7,9-10,16-18,20-21,27,30H,2-5,8,11-15,19,22-24H2,1H3/b7-6-,10-9-/t27-/m1/s1. The van der Waals surface area contributed by atoms with Crippen LogP contribution >= 0.6 is 0 Å². The minimum Gasteiger partial charge on any atom is -0.459 e. The molecular formula is C28H42O4. The van der Waals surface area contributed by atoms with Crippen LogP contribution in [0.1, 0.15) is 101 Å². The third-order valence-corrected chi connectivity index (χ3v) is 5.29. The summed E-state index contributed by atoms with van der Waals surface area (Å²) < 4.78 is 5.07. The topological polar surface area (TPSA) is 63.6 Å². The number of carbonyl (C=O) groups is 2. The van der Waals surface area contributed by atoms with Crippen LogP contribution < -0.4 is 0 Å². The summed E-state index contributed by atoms with van der Waals surface area (Å²) in [7, 11) is 0. The smallest absolute Gasteiger partial charge is 0.338 e. The van der Waals surface area contributed by atoms with Gasteiger partial charge < -0.3 is 9.84 Å². The van der Waals surface area contributed by atoms with Gasteiger partial charge in [0.15, 0.2) is 0 Å². The number of aliphatic hydroxyl groups excluding tert-OH is 1. The number of allylic oxidation sites excluding steroid dienone is 4. The molecule has 0 radical (unpaired) electrons. The van der Waals surface area contributed by atoms with E-state index in [1.165, 1.54) is 38.5 Å². The number of unbranched alkanes of at least 4 members (excludes halogenated alkanes) is 8. The van der Waals surface area contributed by atoms with Crippen LogP contribution in [0.3, 0.4) is 0 Å². The van der Waals surface area contributed by atoms with E-state index in [2.05, 4.69) is 31.2 Å². The van der Waals surface area contributed by atoms with E-state index in [0.717, 1.165) is 32.1 Å². The zero-order valence-corrected chi connectivity index (χ0v) is 19.8. The van der Waals surface area contributed by atoms with Crippen LogP contribution in [-0.4, -0.2) is 29.6 Å². The Bertz CT molecular complexity index is 663. The number of ether oxygens (including phenoxy) is 1. The molecule has 0 aromatic heterocycles. The average Bonchev–Trinajstić information content (AvgIpc) is 2.80. The van der Waals surface area contributed by atoms with Crippen LogP contribution in [-0.2, 0) is 9.53 Å². The number of ketones is 1. The number of carbonyl (C=O) groups excluding carboxylic acids is 2. The number of Topliss-reactive ketones (excluding diaryl/α,β-unsaturated/α-hetero) is 1. The Morgan fingerprint density at radius 3 is 2.19 bits per heavy atom. The molecule has 0 aliphatic carbocycles. The number of benzene rings is 1. The fraction of sp³-hybridized carbons (Fsp3) is 0.571. The molecule has 0 bridgehead atoms. The van der Waals surface area contributed by atoms with Gasteiger partial charge in [-0.3, -0.25) is 4.79 Å². The summed E-state index contributed by atoms with van der Waals surface area (Å²) in [5.41, 5.74) is 0.441. The van der Waals surface area contributed by atoms with Gasteiger partial charge in [-0.15, -0.1) is 0 Å². The highest BCUT2D eigenvalue weighted by Crippen LogP contribution is 2.10. The van der Waals surface area contributed by atoms with E-state index in [1.54, 1.807) is 24.3 Å². The van der Waals surface area contributed by atoms with E-state index in [0.29, 0.717) is 12.0 Å². The molecule has 1 rings (SSSR count). The van der Waals surface area contributed by atoms with Crippen LogP contribution in [0.2, 0.25) is 0 Å². The lowest BCUT2D eigenvalue weighted by atomic mass is 10.0. The maximum atomic E-state index is 12.0. The van der Waals surface area contributed by atoms with Crippen molar-refractivity contribution in [3.05, 3.63) is 60.2 Å². The maximum absolute atomic E-state index is 12.0. The van der Waals surface area contributed by atoms with Crippen molar-refractivity contribution in [2.24, 2.45) is 0 Å². The van der Waals surface area contributed by atoms with Crippen LogP contribution in [0, 0.1) is 0 Å². The Balaban J connectivity index is 1.94. The number of esters is 1. The molecule has 0 heterocycles. The minimum atomic E-state index is -0.937. The number of aliphatic hydroxyl groups is 1. The van der Waals surface area contributed by atoms with Crippen LogP contribution in [0.5, 0.6) is 0 Å². The molecule has 1 atom stereocenters. The predicted molar refractivity (Wildman–Crippen MR) is 132 cm³/mol. The van der Waals surface area contributed by atoms with Crippen molar-refractivity contribution in [3.63, 3.8) is 0 Å². The summed E-state index contributed by atoms with van der Waals surface area (Å²) in [4.78, 5) is 23.8. The number of hydrogen-bond donors (Lipinski definition) is 1. The number of rotatable bonds is 19. The molecule has 1 N–H and O–H groups in total. The fourth-order valence-corrected chi connectivity index (χ4v) is 3.39. The molecule has 32 heavy (non-hydrogen) atoms. The fourth-order valence-electron chi connectivity index (χ4n) is 3.39. The molecule has 0 aliphatic rings. The molecule has 0 saturated heterocycles. The second-order valence-electron chi connectivity index (χ2n) is 8.34. The first-order valence-electron chi connectivity index (χ1n) is 12.4. The molecule has 4 nitrogen and oxygen atoms in total. The Hall–Kier alpha value is -2.20. The van der Waals surface area contributed by atoms with Crippen molar-refractivity contribution >= 4 is 11.8 Å². The number of hydrogen-bond acceptors (Lipinski definition) is 4. The van der Waals surface area contributed by atoms with Gasteiger partial charge >= 0.3 is 5.97 Å². The first-order valence-corrected chi connectivity index (χ1v) is 12.4. The summed E-state index contributed by atoms with van der Waals surface area (Å²) in [5, 5.41) is 9.93. The summed E-state index contributed by atoms with van der Waals surface area (Å²) in [6.45, 7) is 2.08. The lowest BCUT2D eigenvalue weighted by Crippen LogP contribution is -2.22. The van der Waals surface area contributed by atoms with Crippen LogP contribution in [0.4, 0.5) is 0 Å². The monoisotopic (exact) mass is 442 g/mol. The zero-order valence-electron chi connectivity index (χ0n) is 19.8. The molecule has 0 spiro atoms. The van der Waals surface area contributed by atoms with E-state index < -0.39 is 12.1 Å². The third-order valence-electron chi connectivity index (χ3n) is 5.29. The third kappa shape index (κ3) is 15.6. The van der Waals surface area contributed by atoms with Crippen molar-refractivity contribution < 1.29 is 19.4 Å². The second kappa shape index (κ2) is 19.5. The van der Waals surface area contributed by atoms with Gasteiger partial charge in [0.25, 0.3) is 0 Å². The summed E-state index contributed by atoms with van der Waals surface area (Å²) in [5.74, 6) is -0.454. The molecule has 1 aromatic carbocycles. The first-order chi connectivity index (χ1) is 15.6. The molecule has 4 heteroatoms. The Labute approximate surface area is 194 Å². The summed E-state index contributed by atoms with van der Waals surface area (Å²) >= 11 is 0. The zero-order chi connectivity index (χ0) is 23.3. The molecule has 178 valence electrons. The van der Waals surface area contributed by atoms with Gasteiger partial charge in [-0.2, -0.15) is 0 Å². The van der Waals surface area contributed by atoms with Gasteiger partial charge in [0.05, 0.1) is 11.7 Å². The largest absolute Gasteiger partial charge is 0.459 e. The Kier molecular flexibility index (Phi) is 16.9. The van der Waals surface area contributed by atoms with Gasteiger partial charge in [-0.25, -0.2) is 4.79 Å². The van der Waals surface area contributed by atoms with E-state index in [9.17, 15) is 14.7 Å². The van der Waals surface area contributed by atoms with Crippen LogP contribution in [0.25, 0.3) is 0 Å². The second-order valence-corrected chi connectivity index (χ2v) is 8.34. The van der Waals surface area contributed by atoms with Crippen molar-refractivity contribution in [2.45, 2.75) is 96.5 Å². The van der Waals surface area contributed by atoms with Crippen molar-refractivity contribution in [2.75, 3.05) is 6.61 Å². The summed E-state index contributed by atoms with van der Waals surface area (Å²) in [6.07, 6.45) is 21.3. The molecule has 0 fully saturated rings. The average molecular weight is 443 g/mol. The quantitative estimate of drug-likeness (QED) is 0.143. The lowest BCUT2D eigenvalue weighted by Gasteiger charge is -2.11. The van der Waals surface area contributed by atoms with Gasteiger partial charge in [-0.05, 0) is 50.7 Å². The molecule has 0 aliphatic heterocycles. The lowest BCUT2D eigenvalue weighted by molar-refractivity contribution is -0.121. The van der Waals surface area contributed by atoms with Crippen LogP contribution in [0.15, 0.2) is 54.6 Å². The van der Waals surface area contributed by atoms with E-state index in [1.807, 2.05) is 6.07 Å². The van der Waals surface area contributed by atoms with Gasteiger partial charge in [0, 0.05) is 12.8 Å². The summed E-state index contributed by atoms with van der Waals surface area (Å²) in [6, 6.07) is 8.63. The van der Waals surface area contributed by atoms with Crippen molar-refractivity contribution in [1.82, 2.24) is 0 Å². The highest BCUT2D eigenvalue weighted by atomic mass is 16.5. The molecule has 0 saturated carbocycles. The molecule has 0 amide bonds. The first kappa shape index (κ1) is 27.8. The predicted octanol–water partition coefficient (Wildman–Crippen LogP) is 6.98. The highest BCUT2D eigenvalue weighted by molar-refractivity contribution is 5.89. The SMILES string of the molecule is CCCCC/C=C\C/C=C\CCCCCCCC(=O)C[C@@H](O)COC(=O)c1ccccc1. The van der Waals surface area contributed by atoms with E-state index >= 15 is 0 Å².